The van der Waals surface area contributed by atoms with Crippen molar-refractivity contribution in [2.24, 2.45) is 11.3 Å². The first kappa shape index (κ1) is 15.0. The van der Waals surface area contributed by atoms with Crippen LogP contribution in [0.2, 0.25) is 0 Å². The third kappa shape index (κ3) is 2.87. The van der Waals surface area contributed by atoms with Crippen molar-refractivity contribution < 1.29 is 9.90 Å². The molecule has 3 heteroatoms. The summed E-state index contributed by atoms with van der Waals surface area (Å²) in [6, 6.07) is 1.87. The summed E-state index contributed by atoms with van der Waals surface area (Å²) in [4.78, 5) is 16.1. The van der Waals surface area contributed by atoms with Crippen molar-refractivity contribution in [2.45, 2.75) is 59.8 Å². The summed E-state index contributed by atoms with van der Waals surface area (Å²) in [6.07, 6.45) is 3.06. The molecule has 1 aliphatic carbocycles. The molecule has 0 amide bonds. The van der Waals surface area contributed by atoms with Gasteiger partial charge in [0.25, 0.3) is 0 Å². The van der Waals surface area contributed by atoms with Crippen molar-refractivity contribution in [1.29, 1.82) is 0 Å². The van der Waals surface area contributed by atoms with E-state index in [2.05, 4.69) is 25.8 Å². The second-order valence-electron chi connectivity index (χ2n) is 7.29. The molecule has 0 radical (unpaired) electrons. The molecule has 1 heterocycles. The SMILES string of the molecule is CC(C)c1nc2c(cc1C(=O)O)CC(C(C)(C)C)CC2. The molecule has 0 fully saturated rings. The number of carboxylic acid groups (broad SMARTS) is 1. The number of carbonyl (C=O) groups is 1. The number of pyridine rings is 1. The summed E-state index contributed by atoms with van der Waals surface area (Å²) in [7, 11) is 0. The number of nitrogens with zero attached hydrogens (tertiary/aromatic N) is 1. The van der Waals surface area contributed by atoms with Gasteiger partial charge in [-0.1, -0.05) is 34.6 Å². The van der Waals surface area contributed by atoms with Crippen molar-refractivity contribution in [3.05, 3.63) is 28.6 Å². The van der Waals surface area contributed by atoms with Gasteiger partial charge in [-0.25, -0.2) is 4.79 Å². The van der Waals surface area contributed by atoms with E-state index in [-0.39, 0.29) is 11.3 Å². The number of rotatable bonds is 2. The minimum atomic E-state index is -0.859. The summed E-state index contributed by atoms with van der Waals surface area (Å²) in [5, 5.41) is 9.40. The van der Waals surface area contributed by atoms with Crippen LogP contribution in [0, 0.1) is 11.3 Å². The van der Waals surface area contributed by atoms with E-state index in [1.165, 1.54) is 0 Å². The molecular formula is C17H25NO2. The second kappa shape index (κ2) is 5.19. The Labute approximate surface area is 121 Å². The summed E-state index contributed by atoms with van der Waals surface area (Å²) in [5.41, 5.74) is 3.62. The molecule has 0 aliphatic heterocycles. The zero-order valence-corrected chi connectivity index (χ0v) is 13.2. The Morgan fingerprint density at radius 3 is 2.55 bits per heavy atom. The highest BCUT2D eigenvalue weighted by molar-refractivity contribution is 5.89. The highest BCUT2D eigenvalue weighted by Crippen LogP contribution is 2.37. The molecule has 1 N–H and O–H groups in total. The summed E-state index contributed by atoms with van der Waals surface area (Å²) < 4.78 is 0. The fourth-order valence-corrected chi connectivity index (χ4v) is 3.03. The van der Waals surface area contributed by atoms with Gasteiger partial charge < -0.3 is 5.11 Å². The maximum absolute atomic E-state index is 11.5. The highest BCUT2D eigenvalue weighted by atomic mass is 16.4. The van der Waals surface area contributed by atoms with Crippen LogP contribution in [-0.4, -0.2) is 16.1 Å². The van der Waals surface area contributed by atoms with Gasteiger partial charge in [0.1, 0.15) is 0 Å². The van der Waals surface area contributed by atoms with Crippen LogP contribution in [-0.2, 0) is 12.8 Å². The second-order valence-corrected chi connectivity index (χ2v) is 7.29. The summed E-state index contributed by atoms with van der Waals surface area (Å²) >= 11 is 0. The number of carboxylic acids is 1. The first-order chi connectivity index (χ1) is 9.20. The third-order valence-corrected chi connectivity index (χ3v) is 4.42. The lowest BCUT2D eigenvalue weighted by atomic mass is 9.71. The number of aryl methyl sites for hydroxylation is 1. The minimum absolute atomic E-state index is 0.145. The van der Waals surface area contributed by atoms with Gasteiger partial charge in [0.15, 0.2) is 0 Å². The molecule has 0 saturated carbocycles. The molecule has 0 aromatic carbocycles. The molecule has 1 aromatic rings. The van der Waals surface area contributed by atoms with Crippen molar-refractivity contribution in [3.63, 3.8) is 0 Å². The molecule has 1 aromatic heterocycles. The highest BCUT2D eigenvalue weighted by Gasteiger charge is 2.30. The number of aromatic nitrogens is 1. The van der Waals surface area contributed by atoms with Crippen LogP contribution >= 0.6 is 0 Å². The topological polar surface area (TPSA) is 50.2 Å². The van der Waals surface area contributed by atoms with Crippen LogP contribution in [0.25, 0.3) is 0 Å². The fourth-order valence-electron chi connectivity index (χ4n) is 3.03. The maximum Gasteiger partial charge on any atom is 0.337 e. The zero-order chi connectivity index (χ0) is 15.1. The predicted octanol–water partition coefficient (Wildman–Crippen LogP) is 4.05. The fraction of sp³-hybridized carbons (Fsp3) is 0.647. The van der Waals surface area contributed by atoms with Gasteiger partial charge in [-0.15, -0.1) is 0 Å². The maximum atomic E-state index is 11.5. The van der Waals surface area contributed by atoms with Crippen LogP contribution in [0.1, 0.15) is 74.3 Å². The number of aromatic carboxylic acids is 1. The molecule has 1 aliphatic rings. The van der Waals surface area contributed by atoms with E-state index >= 15 is 0 Å². The molecule has 1 atom stereocenters. The van der Waals surface area contributed by atoms with Gasteiger partial charge in [-0.2, -0.15) is 0 Å². The smallest absolute Gasteiger partial charge is 0.337 e. The van der Waals surface area contributed by atoms with Gasteiger partial charge in [0.2, 0.25) is 0 Å². The van der Waals surface area contributed by atoms with Crippen LogP contribution in [0.4, 0.5) is 0 Å². The number of fused-ring (bicyclic) bond motifs is 1. The first-order valence-corrected chi connectivity index (χ1v) is 7.46. The standard InChI is InChI=1S/C17H25NO2/c1-10(2)15-13(16(19)20)9-11-8-12(17(3,4)5)6-7-14(11)18-15/h9-10,12H,6-8H2,1-5H3,(H,19,20). The van der Waals surface area contributed by atoms with Gasteiger partial charge >= 0.3 is 5.97 Å². The van der Waals surface area contributed by atoms with E-state index in [1.54, 1.807) is 0 Å². The molecule has 110 valence electrons. The average Bonchev–Trinajstić information content (AvgIpc) is 2.35. The Balaban J connectivity index is 2.44. The summed E-state index contributed by atoms with van der Waals surface area (Å²) in [5.74, 6) is -0.114. The Hall–Kier alpha value is -1.38. The van der Waals surface area contributed by atoms with E-state index in [0.717, 1.165) is 36.2 Å². The zero-order valence-electron chi connectivity index (χ0n) is 13.2. The van der Waals surface area contributed by atoms with Crippen LogP contribution in [0.5, 0.6) is 0 Å². The van der Waals surface area contributed by atoms with Crippen molar-refractivity contribution in [1.82, 2.24) is 4.98 Å². The molecule has 3 nitrogen and oxygen atoms in total. The predicted molar refractivity (Wildman–Crippen MR) is 80.3 cm³/mol. The number of hydrogen-bond donors (Lipinski definition) is 1. The van der Waals surface area contributed by atoms with E-state index in [1.807, 2.05) is 19.9 Å². The summed E-state index contributed by atoms with van der Waals surface area (Å²) in [6.45, 7) is 10.8. The quantitative estimate of drug-likeness (QED) is 0.885. The van der Waals surface area contributed by atoms with Gasteiger partial charge in [-0.3, -0.25) is 4.98 Å². The van der Waals surface area contributed by atoms with Gasteiger partial charge in [0, 0.05) is 5.69 Å². The lowest BCUT2D eigenvalue weighted by Gasteiger charge is -2.35. The third-order valence-electron chi connectivity index (χ3n) is 4.42. The van der Waals surface area contributed by atoms with Crippen molar-refractivity contribution in [3.8, 4) is 0 Å². The average molecular weight is 275 g/mol. The Bertz CT molecular complexity index is 527. The molecule has 0 spiro atoms. The number of hydrogen-bond acceptors (Lipinski definition) is 2. The van der Waals surface area contributed by atoms with E-state index in [9.17, 15) is 9.90 Å². The molecule has 0 saturated heterocycles. The van der Waals surface area contributed by atoms with E-state index in [4.69, 9.17) is 0 Å². The van der Waals surface area contributed by atoms with Gasteiger partial charge in [0.05, 0.1) is 11.3 Å². The lowest BCUT2D eigenvalue weighted by Crippen LogP contribution is -2.28. The largest absolute Gasteiger partial charge is 0.478 e. The Kier molecular flexibility index (Phi) is 3.90. The molecule has 20 heavy (non-hydrogen) atoms. The molecule has 0 bridgehead atoms. The monoisotopic (exact) mass is 275 g/mol. The van der Waals surface area contributed by atoms with Crippen LogP contribution < -0.4 is 0 Å². The molecule has 2 rings (SSSR count). The normalized spacial score (nSPS) is 19.0. The minimum Gasteiger partial charge on any atom is -0.478 e. The Morgan fingerprint density at radius 1 is 1.40 bits per heavy atom. The first-order valence-electron chi connectivity index (χ1n) is 7.46. The molecule has 1 unspecified atom stereocenters. The van der Waals surface area contributed by atoms with Crippen LogP contribution in [0.15, 0.2) is 6.07 Å². The molecular weight excluding hydrogens is 250 g/mol. The van der Waals surface area contributed by atoms with Crippen molar-refractivity contribution in [2.75, 3.05) is 0 Å². The lowest BCUT2D eigenvalue weighted by molar-refractivity contribution is 0.0694. The van der Waals surface area contributed by atoms with E-state index in [0.29, 0.717) is 11.5 Å². The van der Waals surface area contributed by atoms with Gasteiger partial charge in [-0.05, 0) is 48.1 Å². The Morgan fingerprint density at radius 2 is 2.05 bits per heavy atom. The van der Waals surface area contributed by atoms with Crippen LogP contribution in [0.3, 0.4) is 0 Å². The van der Waals surface area contributed by atoms with Crippen molar-refractivity contribution >= 4 is 5.97 Å². The van der Waals surface area contributed by atoms with E-state index < -0.39 is 5.97 Å².